The van der Waals surface area contributed by atoms with E-state index in [1.54, 1.807) is 11.3 Å². The Balaban J connectivity index is 1.82. The van der Waals surface area contributed by atoms with Crippen LogP contribution < -0.4 is 10.6 Å². The van der Waals surface area contributed by atoms with Crippen LogP contribution in [0.3, 0.4) is 0 Å². The second-order valence-corrected chi connectivity index (χ2v) is 7.00. The van der Waals surface area contributed by atoms with Gasteiger partial charge in [0.15, 0.2) is 0 Å². The van der Waals surface area contributed by atoms with Gasteiger partial charge in [-0.3, -0.25) is 0 Å². The van der Waals surface area contributed by atoms with E-state index >= 15 is 0 Å². The maximum Gasteiger partial charge on any atom is 0.315 e. The van der Waals surface area contributed by atoms with Gasteiger partial charge >= 0.3 is 6.03 Å². The smallest absolute Gasteiger partial charge is 0.315 e. The first-order valence-electron chi connectivity index (χ1n) is 6.98. The normalized spacial score (nSPS) is 11.9. The molecule has 0 fully saturated rings. The number of thioether (sulfide) groups is 1. The zero-order valence-corrected chi connectivity index (χ0v) is 13.9. The Morgan fingerprint density at radius 3 is 2.67 bits per heavy atom. The maximum atomic E-state index is 11.9. The molecule has 0 aliphatic carbocycles. The molecule has 0 aliphatic heterocycles. The van der Waals surface area contributed by atoms with E-state index in [-0.39, 0.29) is 12.1 Å². The second kappa shape index (κ2) is 8.10. The monoisotopic (exact) mass is 320 g/mol. The molecule has 0 radical (unpaired) electrons. The van der Waals surface area contributed by atoms with Crippen molar-refractivity contribution in [1.29, 1.82) is 0 Å². The molecule has 3 nitrogen and oxygen atoms in total. The Morgan fingerprint density at radius 1 is 1.29 bits per heavy atom. The fourth-order valence-electron chi connectivity index (χ4n) is 1.93. The first-order chi connectivity index (χ1) is 10.2. The highest BCUT2D eigenvalue weighted by Gasteiger charge is 2.09. The minimum Gasteiger partial charge on any atom is -0.333 e. The van der Waals surface area contributed by atoms with Crippen LogP contribution in [0.25, 0.3) is 0 Å². The number of benzene rings is 1. The SMILES string of the molecule is CCSc1ccc(C(C)NC(=O)NCc2cccs2)cc1. The lowest BCUT2D eigenvalue weighted by Crippen LogP contribution is -2.36. The summed E-state index contributed by atoms with van der Waals surface area (Å²) >= 11 is 3.46. The zero-order valence-electron chi connectivity index (χ0n) is 12.3. The van der Waals surface area contributed by atoms with Crippen LogP contribution in [0, 0.1) is 0 Å². The molecule has 1 atom stereocenters. The molecule has 1 heterocycles. The van der Waals surface area contributed by atoms with Crippen LogP contribution in [0.2, 0.25) is 0 Å². The van der Waals surface area contributed by atoms with Crippen LogP contribution in [0.1, 0.15) is 30.3 Å². The zero-order chi connectivity index (χ0) is 15.1. The number of carbonyl (C=O) groups is 1. The topological polar surface area (TPSA) is 41.1 Å². The van der Waals surface area contributed by atoms with Gasteiger partial charge in [-0.25, -0.2) is 4.79 Å². The summed E-state index contributed by atoms with van der Waals surface area (Å²) in [5.74, 6) is 1.07. The molecule has 112 valence electrons. The minimum atomic E-state index is -0.136. The number of thiophene rings is 1. The average molecular weight is 320 g/mol. The lowest BCUT2D eigenvalue weighted by molar-refractivity contribution is 0.237. The van der Waals surface area contributed by atoms with Crippen molar-refractivity contribution in [3.8, 4) is 0 Å². The molecule has 21 heavy (non-hydrogen) atoms. The van der Waals surface area contributed by atoms with Crippen molar-refractivity contribution in [3.05, 3.63) is 52.2 Å². The highest BCUT2D eigenvalue weighted by atomic mass is 32.2. The van der Waals surface area contributed by atoms with Gasteiger partial charge < -0.3 is 10.6 Å². The highest BCUT2D eigenvalue weighted by Crippen LogP contribution is 2.20. The van der Waals surface area contributed by atoms with Crippen LogP contribution >= 0.6 is 23.1 Å². The summed E-state index contributed by atoms with van der Waals surface area (Å²) in [5.41, 5.74) is 1.11. The van der Waals surface area contributed by atoms with Crippen molar-refractivity contribution >= 4 is 29.1 Å². The Labute approximate surface area is 134 Å². The van der Waals surface area contributed by atoms with Crippen molar-refractivity contribution in [1.82, 2.24) is 10.6 Å². The summed E-state index contributed by atoms with van der Waals surface area (Å²) in [6.45, 7) is 4.70. The van der Waals surface area contributed by atoms with Gasteiger partial charge in [-0.05, 0) is 41.8 Å². The summed E-state index contributed by atoms with van der Waals surface area (Å²) in [4.78, 5) is 14.3. The third-order valence-electron chi connectivity index (χ3n) is 3.04. The average Bonchev–Trinajstić information content (AvgIpc) is 2.99. The van der Waals surface area contributed by atoms with E-state index in [1.807, 2.05) is 36.2 Å². The highest BCUT2D eigenvalue weighted by molar-refractivity contribution is 7.99. The van der Waals surface area contributed by atoms with E-state index in [2.05, 4.69) is 41.8 Å². The molecule has 0 bridgehead atoms. The molecule has 2 aromatic rings. The molecule has 0 aliphatic rings. The van der Waals surface area contributed by atoms with Crippen LogP contribution in [0.4, 0.5) is 4.79 Å². The van der Waals surface area contributed by atoms with Crippen molar-refractivity contribution in [2.24, 2.45) is 0 Å². The van der Waals surface area contributed by atoms with Gasteiger partial charge in [0.2, 0.25) is 0 Å². The predicted molar refractivity (Wildman–Crippen MR) is 90.9 cm³/mol. The summed E-state index contributed by atoms with van der Waals surface area (Å²) in [6, 6.07) is 12.2. The summed E-state index contributed by atoms with van der Waals surface area (Å²) in [6.07, 6.45) is 0. The van der Waals surface area contributed by atoms with Gasteiger partial charge in [0, 0.05) is 9.77 Å². The first-order valence-corrected chi connectivity index (χ1v) is 8.85. The standard InChI is InChI=1S/C16H20N2OS2/c1-3-20-14-8-6-13(7-9-14)12(2)18-16(19)17-11-15-5-4-10-21-15/h4-10,12H,3,11H2,1-2H3,(H2,17,18,19). The Kier molecular flexibility index (Phi) is 6.14. The number of rotatable bonds is 6. The lowest BCUT2D eigenvalue weighted by Gasteiger charge is -2.15. The molecule has 2 N–H and O–H groups in total. The van der Waals surface area contributed by atoms with Gasteiger partial charge in [0.05, 0.1) is 12.6 Å². The van der Waals surface area contributed by atoms with E-state index in [1.165, 1.54) is 4.90 Å². The van der Waals surface area contributed by atoms with E-state index in [9.17, 15) is 4.79 Å². The third-order valence-corrected chi connectivity index (χ3v) is 4.81. The molecule has 5 heteroatoms. The van der Waals surface area contributed by atoms with Crippen molar-refractivity contribution < 1.29 is 4.79 Å². The Hall–Kier alpha value is -1.46. The molecule has 0 saturated carbocycles. The van der Waals surface area contributed by atoms with E-state index in [0.717, 1.165) is 16.2 Å². The molecule has 2 rings (SSSR count). The number of hydrogen-bond donors (Lipinski definition) is 2. The molecular weight excluding hydrogens is 300 g/mol. The van der Waals surface area contributed by atoms with Gasteiger partial charge in [0.25, 0.3) is 0 Å². The molecular formula is C16H20N2OS2. The molecule has 1 aromatic heterocycles. The first kappa shape index (κ1) is 15.9. The third kappa shape index (κ3) is 5.10. The molecule has 2 amide bonds. The summed E-state index contributed by atoms with van der Waals surface area (Å²) in [5, 5.41) is 7.84. The van der Waals surface area contributed by atoms with Crippen molar-refractivity contribution in [2.75, 3.05) is 5.75 Å². The second-order valence-electron chi connectivity index (χ2n) is 4.63. The number of carbonyl (C=O) groups excluding carboxylic acids is 1. The lowest BCUT2D eigenvalue weighted by atomic mass is 10.1. The molecule has 1 aromatic carbocycles. The van der Waals surface area contributed by atoms with E-state index in [0.29, 0.717) is 6.54 Å². The number of hydrogen-bond acceptors (Lipinski definition) is 3. The van der Waals surface area contributed by atoms with Crippen molar-refractivity contribution in [2.45, 2.75) is 31.3 Å². The summed E-state index contributed by atoms with van der Waals surface area (Å²) in [7, 11) is 0. The number of urea groups is 1. The Bertz CT molecular complexity index is 552. The summed E-state index contributed by atoms with van der Waals surface area (Å²) < 4.78 is 0. The van der Waals surface area contributed by atoms with Crippen LogP contribution in [0.15, 0.2) is 46.7 Å². The fourth-order valence-corrected chi connectivity index (χ4v) is 3.24. The van der Waals surface area contributed by atoms with Crippen LogP contribution in [0.5, 0.6) is 0 Å². The minimum absolute atomic E-state index is 0.00554. The maximum absolute atomic E-state index is 11.9. The van der Waals surface area contributed by atoms with Gasteiger partial charge in [-0.1, -0.05) is 25.1 Å². The number of nitrogens with one attached hydrogen (secondary N) is 2. The molecule has 1 unspecified atom stereocenters. The van der Waals surface area contributed by atoms with E-state index < -0.39 is 0 Å². The van der Waals surface area contributed by atoms with Crippen LogP contribution in [-0.4, -0.2) is 11.8 Å². The predicted octanol–water partition coefficient (Wildman–Crippen LogP) is 4.42. The largest absolute Gasteiger partial charge is 0.333 e. The van der Waals surface area contributed by atoms with E-state index in [4.69, 9.17) is 0 Å². The van der Waals surface area contributed by atoms with Gasteiger partial charge in [-0.2, -0.15) is 0 Å². The molecule has 0 saturated heterocycles. The number of amides is 2. The van der Waals surface area contributed by atoms with Gasteiger partial charge in [-0.15, -0.1) is 23.1 Å². The fraction of sp³-hybridized carbons (Fsp3) is 0.312. The van der Waals surface area contributed by atoms with Crippen LogP contribution in [-0.2, 0) is 6.54 Å². The van der Waals surface area contributed by atoms with Crippen molar-refractivity contribution in [3.63, 3.8) is 0 Å². The molecule has 0 spiro atoms. The Morgan fingerprint density at radius 2 is 2.05 bits per heavy atom. The van der Waals surface area contributed by atoms with Gasteiger partial charge in [0.1, 0.15) is 0 Å². The quantitative estimate of drug-likeness (QED) is 0.774.